The number of rotatable bonds is 4. The average molecular weight is 316 g/mol. The summed E-state index contributed by atoms with van der Waals surface area (Å²) < 4.78 is 0. The molecule has 0 spiro atoms. The van der Waals surface area contributed by atoms with Crippen LogP contribution < -0.4 is 0 Å². The molecule has 126 valence electrons. The number of carbonyl (C=O) groups excluding carboxylic acids is 1. The van der Waals surface area contributed by atoms with E-state index in [0.717, 1.165) is 44.5 Å². The topological polar surface area (TPSA) is 43.8 Å². The lowest BCUT2D eigenvalue weighted by Crippen LogP contribution is -2.49. The summed E-state index contributed by atoms with van der Waals surface area (Å²) in [5, 5.41) is 10.6. The molecule has 1 aromatic rings. The molecule has 0 aliphatic carbocycles. The number of hydrogen-bond acceptors (Lipinski definition) is 3. The molecule has 2 saturated heterocycles. The second kappa shape index (κ2) is 7.02. The molecule has 4 nitrogen and oxygen atoms in total. The third-order valence-electron chi connectivity index (χ3n) is 5.09. The number of amides is 1. The standard InChI is InChI=1S/C19H28N2O2/c1-14-9-15(2)11-16(10-14)18(22)13-20-7-3-5-17(12-20)21-8-4-6-19(21)23/h9-11,17-18,22H,3-8,12-13H2,1-2H3. The van der Waals surface area contributed by atoms with Gasteiger partial charge in [-0.2, -0.15) is 0 Å². The fraction of sp³-hybridized carbons (Fsp3) is 0.632. The summed E-state index contributed by atoms with van der Waals surface area (Å²) in [6, 6.07) is 6.61. The Hall–Kier alpha value is -1.39. The minimum atomic E-state index is -0.457. The first-order valence-corrected chi connectivity index (χ1v) is 8.81. The molecule has 4 heteroatoms. The van der Waals surface area contributed by atoms with Crippen LogP contribution in [-0.4, -0.2) is 53.0 Å². The largest absolute Gasteiger partial charge is 0.387 e. The Kier molecular flexibility index (Phi) is 5.02. The number of hydrogen-bond donors (Lipinski definition) is 1. The smallest absolute Gasteiger partial charge is 0.222 e. The lowest BCUT2D eigenvalue weighted by Gasteiger charge is -2.38. The molecule has 2 aliphatic heterocycles. The maximum atomic E-state index is 12.0. The summed E-state index contributed by atoms with van der Waals surface area (Å²) >= 11 is 0. The third kappa shape index (κ3) is 3.93. The van der Waals surface area contributed by atoms with E-state index in [-0.39, 0.29) is 0 Å². The highest BCUT2D eigenvalue weighted by atomic mass is 16.3. The molecular weight excluding hydrogens is 288 g/mol. The van der Waals surface area contributed by atoms with Gasteiger partial charge in [0.1, 0.15) is 0 Å². The summed E-state index contributed by atoms with van der Waals surface area (Å²) in [5.74, 6) is 0.312. The van der Waals surface area contributed by atoms with E-state index in [4.69, 9.17) is 0 Å². The monoisotopic (exact) mass is 316 g/mol. The maximum absolute atomic E-state index is 12.0. The highest BCUT2D eigenvalue weighted by Crippen LogP contribution is 2.24. The molecule has 3 rings (SSSR count). The number of aliphatic hydroxyl groups excluding tert-OH is 1. The predicted octanol–water partition coefficient (Wildman–Crippen LogP) is 2.42. The number of carbonyl (C=O) groups is 1. The molecule has 2 unspecified atom stereocenters. The average Bonchev–Trinajstić information content (AvgIpc) is 2.92. The van der Waals surface area contributed by atoms with Crippen molar-refractivity contribution in [2.24, 2.45) is 0 Å². The predicted molar refractivity (Wildman–Crippen MR) is 91.3 cm³/mol. The van der Waals surface area contributed by atoms with Gasteiger partial charge in [-0.15, -0.1) is 0 Å². The van der Waals surface area contributed by atoms with Gasteiger partial charge in [0.25, 0.3) is 0 Å². The summed E-state index contributed by atoms with van der Waals surface area (Å²) in [5.41, 5.74) is 3.39. The summed E-state index contributed by atoms with van der Waals surface area (Å²) in [6.45, 7) is 7.62. The Morgan fingerprint density at radius 3 is 2.57 bits per heavy atom. The third-order valence-corrected chi connectivity index (χ3v) is 5.09. The summed E-state index contributed by atoms with van der Waals surface area (Å²) in [4.78, 5) is 16.3. The first kappa shape index (κ1) is 16.5. The van der Waals surface area contributed by atoms with E-state index in [9.17, 15) is 9.90 Å². The van der Waals surface area contributed by atoms with Crippen molar-refractivity contribution in [2.75, 3.05) is 26.2 Å². The first-order chi connectivity index (χ1) is 11.0. The molecule has 2 atom stereocenters. The van der Waals surface area contributed by atoms with Crippen LogP contribution in [0.5, 0.6) is 0 Å². The van der Waals surface area contributed by atoms with Crippen LogP contribution in [-0.2, 0) is 4.79 Å². The van der Waals surface area contributed by atoms with E-state index in [1.54, 1.807) is 0 Å². The van der Waals surface area contributed by atoms with Crippen LogP contribution in [0.3, 0.4) is 0 Å². The van der Waals surface area contributed by atoms with Gasteiger partial charge in [0.05, 0.1) is 6.10 Å². The van der Waals surface area contributed by atoms with Gasteiger partial charge in [-0.05, 0) is 45.2 Å². The van der Waals surface area contributed by atoms with Gasteiger partial charge in [-0.1, -0.05) is 29.3 Å². The van der Waals surface area contributed by atoms with Crippen LogP contribution in [0.25, 0.3) is 0 Å². The molecule has 2 fully saturated rings. The van der Waals surface area contributed by atoms with Crippen molar-refractivity contribution in [3.8, 4) is 0 Å². The Morgan fingerprint density at radius 1 is 1.17 bits per heavy atom. The van der Waals surface area contributed by atoms with Gasteiger partial charge in [0, 0.05) is 32.1 Å². The number of aliphatic hydroxyl groups is 1. The molecule has 0 aromatic heterocycles. The van der Waals surface area contributed by atoms with Gasteiger partial charge < -0.3 is 10.0 Å². The zero-order chi connectivity index (χ0) is 16.4. The fourth-order valence-electron chi connectivity index (χ4n) is 4.06. The van der Waals surface area contributed by atoms with Crippen molar-refractivity contribution in [1.82, 2.24) is 9.80 Å². The second-order valence-electron chi connectivity index (χ2n) is 7.18. The molecule has 2 aliphatic rings. The number of benzene rings is 1. The molecule has 1 N–H and O–H groups in total. The number of likely N-dealkylation sites (tertiary alicyclic amines) is 2. The quantitative estimate of drug-likeness (QED) is 0.928. The zero-order valence-corrected chi connectivity index (χ0v) is 14.3. The van der Waals surface area contributed by atoms with Crippen molar-refractivity contribution >= 4 is 5.91 Å². The first-order valence-electron chi connectivity index (χ1n) is 8.81. The summed E-state index contributed by atoms with van der Waals surface area (Å²) in [7, 11) is 0. The second-order valence-corrected chi connectivity index (χ2v) is 7.18. The molecule has 1 aromatic carbocycles. The Labute approximate surface area is 139 Å². The molecule has 0 saturated carbocycles. The highest BCUT2D eigenvalue weighted by molar-refractivity contribution is 5.78. The van der Waals surface area contributed by atoms with E-state index >= 15 is 0 Å². The van der Waals surface area contributed by atoms with Crippen LogP contribution in [0, 0.1) is 13.8 Å². The number of aryl methyl sites for hydroxylation is 2. The SMILES string of the molecule is Cc1cc(C)cc(C(O)CN2CCCC(N3CCCC3=O)C2)c1. The minimum absolute atomic E-state index is 0.312. The number of β-amino-alcohol motifs (C(OH)–C–C–N with tert-alkyl or cyclic N) is 1. The van der Waals surface area contributed by atoms with Gasteiger partial charge >= 0.3 is 0 Å². The van der Waals surface area contributed by atoms with Gasteiger partial charge in [0.2, 0.25) is 5.91 Å². The highest BCUT2D eigenvalue weighted by Gasteiger charge is 2.31. The van der Waals surface area contributed by atoms with Crippen LogP contribution in [0.4, 0.5) is 0 Å². The van der Waals surface area contributed by atoms with Gasteiger partial charge in [0.15, 0.2) is 0 Å². The van der Waals surface area contributed by atoms with E-state index in [1.165, 1.54) is 11.1 Å². The van der Waals surface area contributed by atoms with Crippen LogP contribution in [0.2, 0.25) is 0 Å². The molecule has 0 bridgehead atoms. The van der Waals surface area contributed by atoms with E-state index in [1.807, 2.05) is 0 Å². The Balaban J connectivity index is 1.61. The van der Waals surface area contributed by atoms with Gasteiger partial charge in [-0.3, -0.25) is 9.69 Å². The molecule has 1 amide bonds. The van der Waals surface area contributed by atoms with E-state index in [2.05, 4.69) is 41.8 Å². The normalized spacial score (nSPS) is 24.2. The lowest BCUT2D eigenvalue weighted by atomic mass is 10.0. The summed E-state index contributed by atoms with van der Waals surface area (Å²) in [6.07, 6.45) is 3.46. The van der Waals surface area contributed by atoms with E-state index in [0.29, 0.717) is 24.9 Å². The number of nitrogens with zero attached hydrogens (tertiary/aromatic N) is 2. The van der Waals surface area contributed by atoms with Crippen molar-refractivity contribution in [2.45, 2.75) is 51.7 Å². The minimum Gasteiger partial charge on any atom is -0.387 e. The lowest BCUT2D eigenvalue weighted by molar-refractivity contribution is -0.130. The molecule has 23 heavy (non-hydrogen) atoms. The van der Waals surface area contributed by atoms with Crippen molar-refractivity contribution in [3.63, 3.8) is 0 Å². The number of piperidine rings is 1. The van der Waals surface area contributed by atoms with Crippen molar-refractivity contribution in [3.05, 3.63) is 34.9 Å². The van der Waals surface area contributed by atoms with Crippen molar-refractivity contribution < 1.29 is 9.90 Å². The Morgan fingerprint density at radius 2 is 1.91 bits per heavy atom. The molecule has 2 heterocycles. The van der Waals surface area contributed by atoms with Gasteiger partial charge in [-0.25, -0.2) is 0 Å². The van der Waals surface area contributed by atoms with Crippen LogP contribution in [0.15, 0.2) is 18.2 Å². The van der Waals surface area contributed by atoms with E-state index < -0.39 is 6.10 Å². The fourth-order valence-corrected chi connectivity index (χ4v) is 4.06. The molecular formula is C19H28N2O2. The maximum Gasteiger partial charge on any atom is 0.222 e. The Bertz CT molecular complexity index is 552. The van der Waals surface area contributed by atoms with Crippen LogP contribution >= 0.6 is 0 Å². The molecule has 0 radical (unpaired) electrons. The van der Waals surface area contributed by atoms with Crippen LogP contribution in [0.1, 0.15) is 48.5 Å². The zero-order valence-electron chi connectivity index (χ0n) is 14.3. The van der Waals surface area contributed by atoms with Crippen molar-refractivity contribution in [1.29, 1.82) is 0 Å².